The van der Waals surface area contributed by atoms with Crippen molar-refractivity contribution in [3.63, 3.8) is 0 Å². The van der Waals surface area contributed by atoms with E-state index >= 15 is 0 Å². The number of aliphatic hydroxyl groups is 1. The predicted molar refractivity (Wildman–Crippen MR) is 158 cm³/mol. The highest BCUT2D eigenvalue weighted by Crippen LogP contribution is 2.39. The van der Waals surface area contributed by atoms with E-state index in [1.54, 1.807) is 32.7 Å². The van der Waals surface area contributed by atoms with Crippen molar-refractivity contribution in [3.05, 3.63) is 53.4 Å². The minimum absolute atomic E-state index is 0.235. The van der Waals surface area contributed by atoms with E-state index in [-0.39, 0.29) is 6.61 Å². The third-order valence-electron chi connectivity index (χ3n) is 7.41. The van der Waals surface area contributed by atoms with Gasteiger partial charge >= 0.3 is 0 Å². The molecular weight excluding hydrogens is 528 g/mol. The van der Waals surface area contributed by atoms with Crippen molar-refractivity contribution in [1.82, 2.24) is 19.6 Å². The van der Waals surface area contributed by atoms with Crippen LogP contribution in [0.25, 0.3) is 21.5 Å². The molecule has 214 valence electrons. The number of methoxy groups -OCH3 is 3. The van der Waals surface area contributed by atoms with Crippen molar-refractivity contribution in [2.75, 3.05) is 67.2 Å². The highest BCUT2D eigenvalue weighted by Gasteiger charge is 2.21. The van der Waals surface area contributed by atoms with Crippen molar-refractivity contribution < 1.29 is 24.1 Å². The molecule has 3 heterocycles. The van der Waals surface area contributed by atoms with Gasteiger partial charge in [0.2, 0.25) is 5.75 Å². The summed E-state index contributed by atoms with van der Waals surface area (Å²) in [5.41, 5.74) is 4.12. The summed E-state index contributed by atoms with van der Waals surface area (Å²) in [4.78, 5) is 4.76. The number of β-amino-alcohol motifs (C(OH)–C–C–N with tert-alkyl or cyclic N) is 1. The highest BCUT2D eigenvalue weighted by molar-refractivity contribution is 7.17. The topological polar surface area (TPSA) is 81.5 Å². The summed E-state index contributed by atoms with van der Waals surface area (Å²) in [6, 6.07) is 14.0. The fraction of sp³-hybridized carbons (Fsp3) is 0.433. The van der Waals surface area contributed by atoms with Gasteiger partial charge in [-0.05, 0) is 47.7 Å². The number of hydrogen-bond donors (Lipinski definition) is 1. The first-order chi connectivity index (χ1) is 19.5. The van der Waals surface area contributed by atoms with Gasteiger partial charge in [-0.3, -0.25) is 9.58 Å². The number of benzene rings is 2. The molecule has 1 fully saturated rings. The molecule has 1 aliphatic rings. The second-order valence-electron chi connectivity index (χ2n) is 9.99. The first kappa shape index (κ1) is 28.2. The van der Waals surface area contributed by atoms with Gasteiger partial charge in [0.15, 0.2) is 11.5 Å². The molecule has 2 aromatic heterocycles. The van der Waals surface area contributed by atoms with Gasteiger partial charge in [-0.15, -0.1) is 11.3 Å². The van der Waals surface area contributed by atoms with Crippen LogP contribution in [0.5, 0.6) is 23.0 Å². The normalized spacial score (nSPS) is 15.3. The van der Waals surface area contributed by atoms with Gasteiger partial charge in [-0.25, -0.2) is 0 Å². The Hall–Kier alpha value is -3.31. The van der Waals surface area contributed by atoms with Crippen LogP contribution in [0.15, 0.2) is 47.8 Å². The lowest BCUT2D eigenvalue weighted by Crippen LogP contribution is -2.49. The SMILES string of the molecule is COc1cc(CCN2CCN(CC(O)COc3ccccc3-c3nn(C)c4ccsc34)CC2)cc(OC)c1OC. The molecule has 0 bridgehead atoms. The number of hydrogen-bond acceptors (Lipinski definition) is 9. The average molecular weight is 567 g/mol. The minimum atomic E-state index is -0.579. The van der Waals surface area contributed by atoms with Crippen LogP contribution in [0.4, 0.5) is 0 Å². The lowest BCUT2D eigenvalue weighted by molar-refractivity contribution is 0.0464. The molecule has 1 aliphatic heterocycles. The molecule has 40 heavy (non-hydrogen) atoms. The van der Waals surface area contributed by atoms with E-state index in [9.17, 15) is 5.11 Å². The Bertz CT molecular complexity index is 1390. The first-order valence-corrected chi connectivity index (χ1v) is 14.4. The molecule has 1 saturated heterocycles. The molecule has 10 heteroatoms. The molecule has 9 nitrogen and oxygen atoms in total. The van der Waals surface area contributed by atoms with Crippen LogP contribution in [-0.2, 0) is 13.5 Å². The number of piperazine rings is 1. The van der Waals surface area contributed by atoms with Crippen molar-refractivity contribution in [2.24, 2.45) is 7.05 Å². The molecule has 0 saturated carbocycles. The molecule has 4 aromatic rings. The first-order valence-electron chi connectivity index (χ1n) is 13.5. The van der Waals surface area contributed by atoms with Crippen LogP contribution in [0, 0.1) is 0 Å². The maximum Gasteiger partial charge on any atom is 0.203 e. The van der Waals surface area contributed by atoms with Gasteiger partial charge in [-0.2, -0.15) is 5.10 Å². The third-order valence-corrected chi connectivity index (χ3v) is 8.32. The van der Waals surface area contributed by atoms with E-state index in [4.69, 9.17) is 24.0 Å². The van der Waals surface area contributed by atoms with Gasteiger partial charge in [0, 0.05) is 51.9 Å². The molecule has 0 aliphatic carbocycles. The van der Waals surface area contributed by atoms with Crippen LogP contribution in [0.2, 0.25) is 0 Å². The van der Waals surface area contributed by atoms with Crippen LogP contribution < -0.4 is 18.9 Å². The van der Waals surface area contributed by atoms with Gasteiger partial charge < -0.3 is 29.0 Å². The maximum absolute atomic E-state index is 10.8. The molecule has 1 atom stereocenters. The second-order valence-corrected chi connectivity index (χ2v) is 10.9. The van der Waals surface area contributed by atoms with Crippen LogP contribution in [0.3, 0.4) is 0 Å². The van der Waals surface area contributed by atoms with Gasteiger partial charge in [0.1, 0.15) is 24.2 Å². The van der Waals surface area contributed by atoms with Crippen LogP contribution >= 0.6 is 11.3 Å². The number of aromatic nitrogens is 2. The summed E-state index contributed by atoms with van der Waals surface area (Å²) < 4.78 is 25.6. The molecule has 1 unspecified atom stereocenters. The zero-order chi connectivity index (χ0) is 28.1. The molecular formula is C30H38N4O5S. The van der Waals surface area contributed by atoms with Gasteiger partial charge in [0.25, 0.3) is 0 Å². The van der Waals surface area contributed by atoms with E-state index in [0.717, 1.165) is 71.9 Å². The Balaban J connectivity index is 1.10. The minimum Gasteiger partial charge on any atom is -0.493 e. The number of fused-ring (bicyclic) bond motifs is 1. The Morgan fingerprint density at radius 3 is 2.33 bits per heavy atom. The second kappa shape index (κ2) is 12.9. The molecule has 5 rings (SSSR count). The maximum atomic E-state index is 10.8. The van der Waals surface area contributed by atoms with Crippen molar-refractivity contribution in [2.45, 2.75) is 12.5 Å². The molecule has 0 amide bonds. The summed E-state index contributed by atoms with van der Waals surface area (Å²) in [5.74, 6) is 2.72. The summed E-state index contributed by atoms with van der Waals surface area (Å²) in [5, 5.41) is 17.6. The average Bonchev–Trinajstić information content (AvgIpc) is 3.59. The summed E-state index contributed by atoms with van der Waals surface area (Å²) in [6.45, 7) is 5.50. The molecule has 1 N–H and O–H groups in total. The fourth-order valence-corrected chi connectivity index (χ4v) is 6.16. The Kier molecular flexibility index (Phi) is 9.11. The van der Waals surface area contributed by atoms with Crippen molar-refractivity contribution >= 4 is 21.6 Å². The quantitative estimate of drug-likeness (QED) is 0.276. The standard InChI is InChI=1S/C30H38N4O5S/c1-32-24-10-16-40-30(24)28(31-32)23-7-5-6-8-25(23)39-20-22(35)19-34-14-12-33(13-15-34)11-9-21-17-26(36-2)29(38-4)27(18-21)37-3/h5-8,10,16-18,22,35H,9,11-15,19-20H2,1-4H3. The fourth-order valence-electron chi connectivity index (χ4n) is 5.25. The molecule has 0 spiro atoms. The lowest BCUT2D eigenvalue weighted by Gasteiger charge is -2.35. The van der Waals surface area contributed by atoms with E-state index in [0.29, 0.717) is 23.8 Å². The number of para-hydroxylation sites is 1. The Morgan fingerprint density at radius 1 is 0.925 bits per heavy atom. The largest absolute Gasteiger partial charge is 0.493 e. The van der Waals surface area contributed by atoms with Crippen molar-refractivity contribution in [3.8, 4) is 34.3 Å². The van der Waals surface area contributed by atoms with Crippen LogP contribution in [0.1, 0.15) is 5.56 Å². The molecule has 0 radical (unpaired) electrons. The number of ether oxygens (including phenoxy) is 4. The van der Waals surface area contributed by atoms with E-state index in [1.807, 2.05) is 48.1 Å². The van der Waals surface area contributed by atoms with E-state index in [2.05, 4.69) is 21.2 Å². The van der Waals surface area contributed by atoms with E-state index in [1.165, 1.54) is 0 Å². The lowest BCUT2D eigenvalue weighted by atomic mass is 10.1. The Labute approximate surface area is 239 Å². The van der Waals surface area contributed by atoms with Gasteiger partial charge in [0.05, 0.1) is 31.5 Å². The zero-order valence-electron chi connectivity index (χ0n) is 23.6. The van der Waals surface area contributed by atoms with Gasteiger partial charge in [-0.1, -0.05) is 12.1 Å². The summed E-state index contributed by atoms with van der Waals surface area (Å²) in [6.07, 6.45) is 0.310. The number of rotatable bonds is 12. The monoisotopic (exact) mass is 566 g/mol. The molecule has 2 aromatic carbocycles. The third kappa shape index (κ3) is 6.20. The number of aryl methyl sites for hydroxylation is 1. The number of thiophene rings is 1. The summed E-state index contributed by atoms with van der Waals surface area (Å²) >= 11 is 1.68. The Morgan fingerprint density at radius 2 is 1.62 bits per heavy atom. The summed E-state index contributed by atoms with van der Waals surface area (Å²) in [7, 11) is 6.85. The number of nitrogens with zero attached hydrogens (tertiary/aromatic N) is 4. The predicted octanol–water partition coefficient (Wildman–Crippen LogP) is 3.93. The van der Waals surface area contributed by atoms with E-state index < -0.39 is 6.10 Å². The smallest absolute Gasteiger partial charge is 0.203 e. The number of aliphatic hydroxyl groups excluding tert-OH is 1. The van der Waals surface area contributed by atoms with Crippen molar-refractivity contribution in [1.29, 1.82) is 0 Å². The highest BCUT2D eigenvalue weighted by atomic mass is 32.1. The van der Waals surface area contributed by atoms with Crippen LogP contribution in [-0.4, -0.2) is 98.0 Å². The zero-order valence-corrected chi connectivity index (χ0v) is 24.4.